The zero-order valence-corrected chi connectivity index (χ0v) is 14.3. The van der Waals surface area contributed by atoms with Crippen LogP contribution in [0, 0.1) is 0 Å². The second kappa shape index (κ2) is 9.17. The van der Waals surface area contributed by atoms with E-state index in [0.717, 1.165) is 5.56 Å². The number of aliphatic hydroxyl groups is 1. The quantitative estimate of drug-likeness (QED) is 0.776. The van der Waals surface area contributed by atoms with Gasteiger partial charge in [0.2, 0.25) is 0 Å². The van der Waals surface area contributed by atoms with Crippen molar-refractivity contribution in [3.05, 3.63) is 54.4 Å². The lowest BCUT2D eigenvalue weighted by molar-refractivity contribution is -0.126. The zero-order chi connectivity index (χ0) is 18.2. The van der Waals surface area contributed by atoms with E-state index in [9.17, 15) is 4.79 Å². The van der Waals surface area contributed by atoms with E-state index in [2.05, 4.69) is 10.3 Å². The average Bonchev–Trinajstić information content (AvgIpc) is 2.69. The molecule has 0 saturated carbocycles. The molecule has 3 rings (SSSR count). The van der Waals surface area contributed by atoms with Crippen LogP contribution < -0.4 is 14.8 Å². The number of nitrogens with one attached hydrogen (secondary N) is 1. The Morgan fingerprint density at radius 2 is 2.12 bits per heavy atom. The normalized spacial score (nSPS) is 19.6. The van der Waals surface area contributed by atoms with Crippen LogP contribution in [-0.2, 0) is 16.1 Å². The van der Waals surface area contributed by atoms with Gasteiger partial charge < -0.3 is 24.6 Å². The van der Waals surface area contributed by atoms with Crippen molar-refractivity contribution in [2.75, 3.05) is 19.8 Å². The molecule has 0 unspecified atom stereocenters. The third kappa shape index (κ3) is 5.18. The van der Waals surface area contributed by atoms with E-state index >= 15 is 0 Å². The largest absolute Gasteiger partial charge is 0.488 e. The molecule has 0 bridgehead atoms. The van der Waals surface area contributed by atoms with Crippen molar-refractivity contribution in [3.63, 3.8) is 0 Å². The number of nitrogens with zero attached hydrogens (tertiary/aromatic N) is 1. The molecule has 26 heavy (non-hydrogen) atoms. The van der Waals surface area contributed by atoms with Crippen LogP contribution in [0.2, 0.25) is 0 Å². The summed E-state index contributed by atoms with van der Waals surface area (Å²) in [5, 5.41) is 12.0. The summed E-state index contributed by atoms with van der Waals surface area (Å²) in [4.78, 5) is 16.1. The minimum atomic E-state index is -0.258. The second-order valence-corrected chi connectivity index (χ2v) is 5.97. The maximum absolute atomic E-state index is 12.2. The number of amides is 1. The number of aliphatic hydroxyl groups excluding tert-OH is 1. The molecule has 1 amide bonds. The highest BCUT2D eigenvalue weighted by Gasteiger charge is 2.29. The van der Waals surface area contributed by atoms with Crippen molar-refractivity contribution in [1.82, 2.24) is 10.3 Å². The molecule has 1 aliphatic heterocycles. The van der Waals surface area contributed by atoms with E-state index in [1.54, 1.807) is 24.5 Å². The van der Waals surface area contributed by atoms with Gasteiger partial charge in [-0.25, -0.2) is 0 Å². The first kappa shape index (κ1) is 18.2. The third-order valence-corrected chi connectivity index (χ3v) is 4.04. The number of aromatic nitrogens is 1. The van der Waals surface area contributed by atoms with Crippen LogP contribution >= 0.6 is 0 Å². The van der Waals surface area contributed by atoms with Crippen LogP contribution in [0.4, 0.5) is 0 Å². The molecule has 7 nitrogen and oxygen atoms in total. The monoisotopic (exact) mass is 358 g/mol. The van der Waals surface area contributed by atoms with Crippen LogP contribution in [0.1, 0.15) is 12.0 Å². The molecule has 2 atom stereocenters. The van der Waals surface area contributed by atoms with Crippen LogP contribution in [0.3, 0.4) is 0 Å². The summed E-state index contributed by atoms with van der Waals surface area (Å²) >= 11 is 0. The van der Waals surface area contributed by atoms with E-state index in [4.69, 9.17) is 19.3 Å². The predicted molar refractivity (Wildman–Crippen MR) is 93.9 cm³/mol. The Morgan fingerprint density at radius 3 is 2.85 bits per heavy atom. The van der Waals surface area contributed by atoms with E-state index in [0.29, 0.717) is 31.1 Å². The van der Waals surface area contributed by atoms with E-state index < -0.39 is 0 Å². The number of carbonyl (C=O) groups excluding carboxylic acids is 1. The molecule has 2 N–H and O–H groups in total. The standard InChI is InChI=1S/C19H22N2O5/c22-11-14-3-5-15(6-4-14)26-18-7-9-24-12-17(18)21-19(23)13-25-16-2-1-8-20-10-16/h1-6,8,10,17-18,22H,7,9,11-13H2,(H,21,23)/t17-,18-/m1/s1. The Labute approximate surface area is 151 Å². The lowest BCUT2D eigenvalue weighted by atomic mass is 10.1. The minimum absolute atomic E-state index is 0.00678. The van der Waals surface area contributed by atoms with Gasteiger partial charge in [-0.05, 0) is 29.8 Å². The highest BCUT2D eigenvalue weighted by atomic mass is 16.5. The number of pyridine rings is 1. The Balaban J connectivity index is 1.53. The lowest BCUT2D eigenvalue weighted by Crippen LogP contribution is -2.52. The molecular formula is C19H22N2O5. The number of carbonyl (C=O) groups is 1. The fraction of sp³-hybridized carbons (Fsp3) is 0.368. The van der Waals surface area contributed by atoms with Crippen LogP contribution in [0.15, 0.2) is 48.8 Å². The summed E-state index contributed by atoms with van der Waals surface area (Å²) in [6, 6.07) is 10.5. The Morgan fingerprint density at radius 1 is 1.27 bits per heavy atom. The Kier molecular flexibility index (Phi) is 6.40. The third-order valence-electron chi connectivity index (χ3n) is 4.04. The molecule has 0 aliphatic carbocycles. The highest BCUT2D eigenvalue weighted by molar-refractivity contribution is 5.77. The first-order valence-corrected chi connectivity index (χ1v) is 8.51. The summed E-state index contributed by atoms with van der Waals surface area (Å²) in [5.74, 6) is 0.993. The SMILES string of the molecule is O=C(COc1cccnc1)N[C@@H]1COCC[C@H]1Oc1ccc(CO)cc1. The first-order valence-electron chi connectivity index (χ1n) is 8.51. The Hall–Kier alpha value is -2.64. The van der Waals surface area contributed by atoms with Gasteiger partial charge in [0.05, 0.1) is 32.1 Å². The molecule has 1 saturated heterocycles. The molecule has 0 spiro atoms. The fourth-order valence-electron chi connectivity index (χ4n) is 2.67. The molecule has 138 valence electrons. The number of hydrogen-bond donors (Lipinski definition) is 2. The molecule has 1 aromatic carbocycles. The molecule has 2 heterocycles. The average molecular weight is 358 g/mol. The number of ether oxygens (including phenoxy) is 3. The first-order chi connectivity index (χ1) is 12.7. The molecular weight excluding hydrogens is 336 g/mol. The van der Waals surface area contributed by atoms with Crippen LogP contribution in [0.25, 0.3) is 0 Å². The summed E-state index contributed by atoms with van der Waals surface area (Å²) < 4.78 is 16.9. The van der Waals surface area contributed by atoms with E-state index in [1.165, 1.54) is 0 Å². The maximum Gasteiger partial charge on any atom is 0.258 e. The van der Waals surface area contributed by atoms with Gasteiger partial charge in [-0.15, -0.1) is 0 Å². The molecule has 1 fully saturated rings. The minimum Gasteiger partial charge on any atom is -0.488 e. The van der Waals surface area contributed by atoms with Gasteiger partial charge in [-0.1, -0.05) is 12.1 Å². The molecule has 2 aromatic rings. The van der Waals surface area contributed by atoms with Crippen molar-refractivity contribution in [2.24, 2.45) is 0 Å². The van der Waals surface area contributed by atoms with Gasteiger partial charge in [0.1, 0.15) is 17.6 Å². The van der Waals surface area contributed by atoms with Crippen molar-refractivity contribution in [1.29, 1.82) is 0 Å². The zero-order valence-electron chi connectivity index (χ0n) is 14.3. The van der Waals surface area contributed by atoms with Crippen LogP contribution in [-0.4, -0.2) is 48.0 Å². The van der Waals surface area contributed by atoms with Gasteiger partial charge in [0, 0.05) is 12.6 Å². The van der Waals surface area contributed by atoms with Gasteiger partial charge in [0.25, 0.3) is 5.91 Å². The molecule has 7 heteroatoms. The summed E-state index contributed by atoms with van der Waals surface area (Å²) in [7, 11) is 0. The second-order valence-electron chi connectivity index (χ2n) is 5.97. The number of hydrogen-bond acceptors (Lipinski definition) is 6. The van der Waals surface area contributed by atoms with Crippen molar-refractivity contribution in [2.45, 2.75) is 25.2 Å². The van der Waals surface area contributed by atoms with Crippen molar-refractivity contribution in [3.8, 4) is 11.5 Å². The smallest absolute Gasteiger partial charge is 0.258 e. The number of benzene rings is 1. The van der Waals surface area contributed by atoms with Gasteiger partial charge >= 0.3 is 0 Å². The van der Waals surface area contributed by atoms with Gasteiger partial charge in [-0.2, -0.15) is 0 Å². The molecule has 0 radical (unpaired) electrons. The highest BCUT2D eigenvalue weighted by Crippen LogP contribution is 2.19. The van der Waals surface area contributed by atoms with Gasteiger partial charge in [-0.3, -0.25) is 9.78 Å². The molecule has 1 aromatic heterocycles. The van der Waals surface area contributed by atoms with Crippen molar-refractivity contribution >= 4 is 5.91 Å². The summed E-state index contributed by atoms with van der Waals surface area (Å²) in [6.07, 6.45) is 3.68. The fourth-order valence-corrected chi connectivity index (χ4v) is 2.67. The van der Waals surface area contributed by atoms with Crippen LogP contribution in [0.5, 0.6) is 11.5 Å². The number of rotatable bonds is 7. The summed E-state index contributed by atoms with van der Waals surface area (Å²) in [6.45, 7) is 0.864. The summed E-state index contributed by atoms with van der Waals surface area (Å²) in [5.41, 5.74) is 0.821. The van der Waals surface area contributed by atoms with E-state index in [-0.39, 0.29) is 31.3 Å². The van der Waals surface area contributed by atoms with E-state index in [1.807, 2.05) is 24.3 Å². The molecule has 1 aliphatic rings. The topological polar surface area (TPSA) is 89.9 Å². The Bertz CT molecular complexity index is 693. The predicted octanol–water partition coefficient (Wildman–Crippen LogP) is 1.31. The maximum atomic E-state index is 12.2. The van der Waals surface area contributed by atoms with Gasteiger partial charge in [0.15, 0.2) is 6.61 Å². The lowest BCUT2D eigenvalue weighted by Gasteiger charge is -2.32. The van der Waals surface area contributed by atoms with Crippen molar-refractivity contribution < 1.29 is 24.1 Å².